The second-order valence-corrected chi connectivity index (χ2v) is 18.2. The second kappa shape index (κ2) is 11.7. The first-order valence-electron chi connectivity index (χ1n) is 19.0. The zero-order chi connectivity index (χ0) is 38.1. The molecular formula is C50H36N2O2S2. The minimum Gasteiger partial charge on any atom is -0.308 e. The lowest BCUT2D eigenvalue weighted by atomic mass is 9.68. The number of carbonyl (C=O) groups excluding carboxylic acids is 2. The number of nitrogens with zero attached hydrogens (tertiary/aromatic N) is 2. The summed E-state index contributed by atoms with van der Waals surface area (Å²) in [6.45, 7) is 8.85. The predicted octanol–water partition coefficient (Wildman–Crippen LogP) is 12.9. The number of para-hydroxylation sites is 2. The van der Waals surface area contributed by atoms with E-state index in [1.54, 1.807) is 22.7 Å². The van der Waals surface area contributed by atoms with Gasteiger partial charge < -0.3 is 9.13 Å². The predicted molar refractivity (Wildman–Crippen MR) is 233 cm³/mol. The van der Waals surface area contributed by atoms with Crippen LogP contribution in [0.3, 0.4) is 0 Å². The molecule has 0 saturated carbocycles. The van der Waals surface area contributed by atoms with Gasteiger partial charge in [0, 0.05) is 44.5 Å². The molecule has 2 aliphatic rings. The van der Waals surface area contributed by atoms with E-state index in [9.17, 15) is 9.59 Å². The van der Waals surface area contributed by atoms with Gasteiger partial charge in [-0.05, 0) is 82.9 Å². The zero-order valence-electron chi connectivity index (χ0n) is 31.4. The van der Waals surface area contributed by atoms with Gasteiger partial charge in [-0.2, -0.15) is 0 Å². The Hall–Kier alpha value is -6.08. The lowest BCUT2D eigenvalue weighted by Gasteiger charge is -2.34. The molecule has 2 aliphatic carbocycles. The maximum absolute atomic E-state index is 14.2. The van der Waals surface area contributed by atoms with Crippen LogP contribution in [0.4, 0.5) is 0 Å². The number of aromatic nitrogens is 2. The third-order valence-electron chi connectivity index (χ3n) is 12.2. The van der Waals surface area contributed by atoms with E-state index in [-0.39, 0.29) is 22.4 Å². The third kappa shape index (κ3) is 4.57. The lowest BCUT2D eigenvalue weighted by Crippen LogP contribution is -2.30. The fourth-order valence-corrected chi connectivity index (χ4v) is 11.5. The Labute approximate surface area is 332 Å². The van der Waals surface area contributed by atoms with Crippen molar-refractivity contribution in [1.82, 2.24) is 9.13 Å². The van der Waals surface area contributed by atoms with E-state index in [0.717, 1.165) is 96.7 Å². The molecule has 6 heteroatoms. The van der Waals surface area contributed by atoms with Crippen LogP contribution in [0.1, 0.15) is 81.8 Å². The van der Waals surface area contributed by atoms with Crippen LogP contribution < -0.4 is 0 Å². The van der Waals surface area contributed by atoms with Gasteiger partial charge >= 0.3 is 0 Å². The van der Waals surface area contributed by atoms with E-state index < -0.39 is 0 Å². The van der Waals surface area contributed by atoms with Crippen LogP contribution in [0.25, 0.3) is 52.2 Å². The third-order valence-corrected chi connectivity index (χ3v) is 14.4. The van der Waals surface area contributed by atoms with Gasteiger partial charge in [0.15, 0.2) is 11.6 Å². The van der Waals surface area contributed by atoms with Crippen LogP contribution in [-0.4, -0.2) is 20.7 Å². The highest BCUT2D eigenvalue weighted by Gasteiger charge is 2.38. The molecular weight excluding hydrogens is 725 g/mol. The average molecular weight is 761 g/mol. The van der Waals surface area contributed by atoms with Gasteiger partial charge in [-0.3, -0.25) is 9.59 Å². The minimum atomic E-state index is -0.307. The summed E-state index contributed by atoms with van der Waals surface area (Å²) < 4.78 is 9.17. The molecule has 0 unspecified atom stereocenters. The largest absolute Gasteiger partial charge is 0.308 e. The van der Waals surface area contributed by atoms with Gasteiger partial charge in [0.2, 0.25) is 0 Å². The number of ketones is 2. The summed E-state index contributed by atoms with van der Waals surface area (Å²) in [5, 5.41) is 0. The molecule has 0 bridgehead atoms. The summed E-state index contributed by atoms with van der Waals surface area (Å²) >= 11 is 3.54. The first-order valence-corrected chi connectivity index (χ1v) is 20.6. The Bertz CT molecular complexity index is 3040. The topological polar surface area (TPSA) is 44.0 Å². The number of fused-ring (bicyclic) bond motifs is 8. The highest BCUT2D eigenvalue weighted by atomic mass is 32.1. The Morgan fingerprint density at radius 2 is 0.750 bits per heavy atom. The van der Waals surface area contributed by atoms with E-state index in [2.05, 4.69) is 146 Å². The van der Waals surface area contributed by atoms with E-state index in [1.165, 1.54) is 0 Å². The SMILES string of the molecule is CC1(C)c2ccccc2C(=O)c2cc(-n3c4ccccc4sc4cc5c(cc43)sc3ccccc3n5-c3ccc4c(c3)C(=O)c3ccccc3C4(C)C)ccc21. The number of hydrogen-bond acceptors (Lipinski definition) is 4. The maximum atomic E-state index is 14.2. The molecule has 9 aromatic rings. The van der Waals surface area contributed by atoms with E-state index >= 15 is 0 Å². The first-order chi connectivity index (χ1) is 27.1. The van der Waals surface area contributed by atoms with Gasteiger partial charge in [0.25, 0.3) is 0 Å². The van der Waals surface area contributed by atoms with Crippen molar-refractivity contribution in [3.63, 3.8) is 0 Å². The van der Waals surface area contributed by atoms with Gasteiger partial charge in [-0.1, -0.05) is 113 Å². The van der Waals surface area contributed by atoms with Gasteiger partial charge in [-0.25, -0.2) is 0 Å². The van der Waals surface area contributed by atoms with Gasteiger partial charge in [0.05, 0.1) is 40.9 Å². The molecule has 0 radical (unpaired) electrons. The van der Waals surface area contributed by atoms with Crippen LogP contribution in [-0.2, 0) is 10.8 Å². The Morgan fingerprint density at radius 3 is 1.20 bits per heavy atom. The zero-order valence-corrected chi connectivity index (χ0v) is 33.0. The van der Waals surface area contributed by atoms with E-state index in [1.807, 2.05) is 36.4 Å². The normalized spacial score (nSPS) is 15.1. The molecule has 0 atom stereocenters. The van der Waals surface area contributed by atoms with Crippen molar-refractivity contribution in [2.24, 2.45) is 0 Å². The van der Waals surface area contributed by atoms with Gasteiger partial charge in [-0.15, -0.1) is 22.7 Å². The van der Waals surface area contributed by atoms with E-state index in [0.29, 0.717) is 0 Å². The molecule has 0 spiro atoms. The molecule has 0 fully saturated rings. The highest BCUT2D eigenvalue weighted by molar-refractivity contribution is 7.25. The molecule has 0 saturated heterocycles. The lowest BCUT2D eigenvalue weighted by molar-refractivity contribution is 0.102. The summed E-state index contributed by atoms with van der Waals surface area (Å²) in [4.78, 5) is 28.3. The average Bonchev–Trinajstić information content (AvgIpc) is 3.22. The van der Waals surface area contributed by atoms with Crippen molar-refractivity contribution in [1.29, 1.82) is 0 Å². The molecule has 56 heavy (non-hydrogen) atoms. The highest BCUT2D eigenvalue weighted by Crippen LogP contribution is 2.45. The van der Waals surface area contributed by atoms with Crippen molar-refractivity contribution >= 4 is 75.1 Å². The number of hydrogen-bond donors (Lipinski definition) is 0. The summed E-state index contributed by atoms with van der Waals surface area (Å²) in [6, 6.07) is 50.6. The van der Waals surface area contributed by atoms with Gasteiger partial charge in [0.1, 0.15) is 0 Å². The number of benzene rings is 7. The summed E-state index contributed by atoms with van der Waals surface area (Å²) in [6.07, 6.45) is 0. The molecule has 11 rings (SSSR count). The van der Waals surface area contributed by atoms with E-state index in [4.69, 9.17) is 0 Å². The summed E-state index contributed by atoms with van der Waals surface area (Å²) in [5.41, 5.74) is 12.9. The Balaban J connectivity index is 1.17. The van der Waals surface area contributed by atoms with Crippen LogP contribution in [0.15, 0.2) is 146 Å². The van der Waals surface area contributed by atoms with Crippen molar-refractivity contribution < 1.29 is 9.59 Å². The standard InChI is InChI=1S/C50H36N2O2S2/c1-49(2)35-15-7-5-13-31(35)47(53)33-25-29(21-23-37(33)49)51-39-17-9-11-19-43(39)55-45-28-42-46(27-41(45)51)56-44-20-12-10-18-40(44)52(42)30-22-24-38-34(26-30)48(54)32-14-6-8-16-36(32)50(38,3)4/h5-28H,1-4H3. The summed E-state index contributed by atoms with van der Waals surface area (Å²) in [7, 11) is 0. The smallest absolute Gasteiger partial charge is 0.193 e. The Morgan fingerprint density at radius 1 is 0.375 bits per heavy atom. The second-order valence-electron chi connectivity index (χ2n) is 16.1. The quantitative estimate of drug-likeness (QED) is 0.165. The van der Waals surface area contributed by atoms with Crippen LogP contribution in [0.5, 0.6) is 0 Å². The fraction of sp³-hybridized carbons (Fsp3) is 0.120. The van der Waals surface area contributed by atoms with Crippen molar-refractivity contribution in [2.75, 3.05) is 0 Å². The fourth-order valence-electron chi connectivity index (χ4n) is 9.40. The molecule has 0 amide bonds. The summed E-state index contributed by atoms with van der Waals surface area (Å²) in [5.74, 6) is 0.139. The Kier molecular flexibility index (Phi) is 6.96. The molecule has 270 valence electrons. The number of carbonyl (C=O) groups is 2. The van der Waals surface area contributed by atoms with Crippen molar-refractivity contribution in [2.45, 2.75) is 38.5 Å². The molecule has 2 heterocycles. The monoisotopic (exact) mass is 760 g/mol. The molecule has 0 aliphatic heterocycles. The maximum Gasteiger partial charge on any atom is 0.193 e. The van der Waals surface area contributed by atoms with Crippen LogP contribution in [0, 0.1) is 0 Å². The first kappa shape index (κ1) is 33.3. The molecule has 7 aromatic carbocycles. The minimum absolute atomic E-state index is 0.0697. The molecule has 0 N–H and O–H groups in total. The number of rotatable bonds is 2. The van der Waals surface area contributed by atoms with Crippen molar-refractivity contribution in [3.8, 4) is 11.4 Å². The van der Waals surface area contributed by atoms with Crippen LogP contribution in [0.2, 0.25) is 0 Å². The van der Waals surface area contributed by atoms with Crippen LogP contribution >= 0.6 is 22.7 Å². The van der Waals surface area contributed by atoms with Crippen molar-refractivity contribution in [3.05, 3.63) is 190 Å². The molecule has 4 nitrogen and oxygen atoms in total. The molecule has 2 aromatic heterocycles.